The summed E-state index contributed by atoms with van der Waals surface area (Å²) in [5.74, 6) is -0.627. The highest BCUT2D eigenvalue weighted by Crippen LogP contribution is 2.28. The Morgan fingerprint density at radius 3 is 2.08 bits per heavy atom. The standard InChI is InChI=1S/C21H24O4/c1-21(2,18-12-10-17(11-13-18)19(22)24-3)14-7-15-25-20(23)16-8-5-4-6-9-16/h4-6,8-13H,7,14-15H2,1-3H3. The van der Waals surface area contributed by atoms with E-state index in [1.165, 1.54) is 7.11 Å². The highest BCUT2D eigenvalue weighted by molar-refractivity contribution is 5.89. The minimum absolute atomic E-state index is 0.0756. The van der Waals surface area contributed by atoms with Crippen LogP contribution in [0.5, 0.6) is 0 Å². The highest BCUT2D eigenvalue weighted by atomic mass is 16.5. The SMILES string of the molecule is COC(=O)c1ccc(C(C)(C)CCCOC(=O)c2ccccc2)cc1. The van der Waals surface area contributed by atoms with E-state index in [2.05, 4.69) is 13.8 Å². The molecule has 0 aliphatic heterocycles. The smallest absolute Gasteiger partial charge is 0.338 e. The number of carbonyl (C=O) groups excluding carboxylic acids is 2. The molecule has 0 spiro atoms. The van der Waals surface area contributed by atoms with Gasteiger partial charge >= 0.3 is 11.9 Å². The zero-order valence-electron chi connectivity index (χ0n) is 15.0. The molecule has 0 bridgehead atoms. The molecule has 4 nitrogen and oxygen atoms in total. The fraction of sp³-hybridized carbons (Fsp3) is 0.333. The molecule has 25 heavy (non-hydrogen) atoms. The number of benzene rings is 2. The van der Waals surface area contributed by atoms with Gasteiger partial charge in [-0.15, -0.1) is 0 Å². The van der Waals surface area contributed by atoms with Crippen LogP contribution >= 0.6 is 0 Å². The third-order valence-corrected chi connectivity index (χ3v) is 4.28. The molecular formula is C21H24O4. The van der Waals surface area contributed by atoms with Crippen molar-refractivity contribution in [1.82, 2.24) is 0 Å². The van der Waals surface area contributed by atoms with Crippen molar-refractivity contribution in [2.45, 2.75) is 32.1 Å². The second-order valence-corrected chi connectivity index (χ2v) is 6.56. The fourth-order valence-electron chi connectivity index (χ4n) is 2.66. The molecule has 0 atom stereocenters. The lowest BCUT2D eigenvalue weighted by Crippen LogP contribution is -2.18. The van der Waals surface area contributed by atoms with Crippen molar-refractivity contribution in [2.24, 2.45) is 0 Å². The minimum Gasteiger partial charge on any atom is -0.465 e. The summed E-state index contributed by atoms with van der Waals surface area (Å²) in [6, 6.07) is 16.4. The van der Waals surface area contributed by atoms with Gasteiger partial charge in [0.25, 0.3) is 0 Å². The number of methoxy groups -OCH3 is 1. The molecule has 0 fully saturated rings. The molecule has 4 heteroatoms. The first-order valence-electron chi connectivity index (χ1n) is 8.35. The van der Waals surface area contributed by atoms with Gasteiger partial charge in [-0.05, 0) is 48.1 Å². The lowest BCUT2D eigenvalue weighted by molar-refractivity contribution is 0.0492. The number of hydrogen-bond acceptors (Lipinski definition) is 4. The Morgan fingerprint density at radius 2 is 1.48 bits per heavy atom. The third kappa shape index (κ3) is 5.18. The van der Waals surface area contributed by atoms with Crippen LogP contribution in [-0.2, 0) is 14.9 Å². The van der Waals surface area contributed by atoms with Crippen LogP contribution in [0.3, 0.4) is 0 Å². The van der Waals surface area contributed by atoms with E-state index >= 15 is 0 Å². The molecule has 0 aliphatic carbocycles. The van der Waals surface area contributed by atoms with Crippen LogP contribution in [0.15, 0.2) is 54.6 Å². The average molecular weight is 340 g/mol. The summed E-state index contributed by atoms with van der Waals surface area (Å²) in [7, 11) is 1.37. The molecule has 0 heterocycles. The quantitative estimate of drug-likeness (QED) is 0.554. The first-order valence-corrected chi connectivity index (χ1v) is 8.35. The number of carbonyl (C=O) groups is 2. The van der Waals surface area contributed by atoms with Gasteiger partial charge in [-0.2, -0.15) is 0 Å². The molecule has 0 saturated carbocycles. The molecule has 0 N–H and O–H groups in total. The fourth-order valence-corrected chi connectivity index (χ4v) is 2.66. The van der Waals surface area contributed by atoms with Crippen molar-refractivity contribution in [3.8, 4) is 0 Å². The van der Waals surface area contributed by atoms with Crippen LogP contribution in [-0.4, -0.2) is 25.7 Å². The third-order valence-electron chi connectivity index (χ3n) is 4.28. The van der Waals surface area contributed by atoms with E-state index in [0.29, 0.717) is 17.7 Å². The maximum Gasteiger partial charge on any atom is 0.338 e. The van der Waals surface area contributed by atoms with Gasteiger partial charge < -0.3 is 9.47 Å². The predicted octanol–water partition coefficient (Wildman–Crippen LogP) is 4.39. The van der Waals surface area contributed by atoms with E-state index in [-0.39, 0.29) is 17.4 Å². The van der Waals surface area contributed by atoms with Crippen molar-refractivity contribution in [2.75, 3.05) is 13.7 Å². The average Bonchev–Trinajstić information content (AvgIpc) is 2.65. The van der Waals surface area contributed by atoms with Crippen molar-refractivity contribution in [3.05, 3.63) is 71.3 Å². The van der Waals surface area contributed by atoms with Gasteiger partial charge in [-0.3, -0.25) is 0 Å². The van der Waals surface area contributed by atoms with Crippen LogP contribution in [0.25, 0.3) is 0 Å². The summed E-state index contributed by atoms with van der Waals surface area (Å²) in [4.78, 5) is 23.4. The van der Waals surface area contributed by atoms with Gasteiger partial charge in [0.05, 0.1) is 24.8 Å². The molecule has 2 rings (SSSR count). The second kappa shape index (κ2) is 8.47. The van der Waals surface area contributed by atoms with Gasteiger partial charge in [-0.25, -0.2) is 9.59 Å². The normalized spacial score (nSPS) is 11.0. The predicted molar refractivity (Wildman–Crippen MR) is 96.8 cm³/mol. The Kier molecular flexibility index (Phi) is 6.34. The molecule has 2 aromatic rings. The summed E-state index contributed by atoms with van der Waals surface area (Å²) < 4.78 is 10.0. The zero-order chi connectivity index (χ0) is 18.3. The van der Waals surface area contributed by atoms with Crippen molar-refractivity contribution in [3.63, 3.8) is 0 Å². The van der Waals surface area contributed by atoms with Crippen molar-refractivity contribution in [1.29, 1.82) is 0 Å². The van der Waals surface area contributed by atoms with Crippen LogP contribution < -0.4 is 0 Å². The Morgan fingerprint density at radius 1 is 0.880 bits per heavy atom. The molecule has 0 unspecified atom stereocenters. The number of ether oxygens (including phenoxy) is 2. The number of esters is 2. The lowest BCUT2D eigenvalue weighted by atomic mass is 9.80. The summed E-state index contributed by atoms with van der Waals surface area (Å²) in [6.07, 6.45) is 1.64. The Hall–Kier alpha value is -2.62. The van der Waals surface area contributed by atoms with Crippen LogP contribution in [0.1, 0.15) is 53.0 Å². The molecule has 0 radical (unpaired) electrons. The maximum atomic E-state index is 11.9. The molecule has 132 valence electrons. The van der Waals surface area contributed by atoms with E-state index in [0.717, 1.165) is 18.4 Å². The molecule has 0 saturated heterocycles. The van der Waals surface area contributed by atoms with E-state index in [4.69, 9.17) is 9.47 Å². The first-order chi connectivity index (χ1) is 11.9. The van der Waals surface area contributed by atoms with Gasteiger partial charge in [-0.1, -0.05) is 44.2 Å². The molecule has 0 aromatic heterocycles. The van der Waals surface area contributed by atoms with Crippen LogP contribution in [0, 0.1) is 0 Å². The number of hydrogen-bond donors (Lipinski definition) is 0. The van der Waals surface area contributed by atoms with Crippen LogP contribution in [0.2, 0.25) is 0 Å². The van der Waals surface area contributed by atoms with Gasteiger partial charge in [0, 0.05) is 0 Å². The molecular weight excluding hydrogens is 316 g/mol. The van der Waals surface area contributed by atoms with Gasteiger partial charge in [0.15, 0.2) is 0 Å². The van der Waals surface area contributed by atoms with Crippen LogP contribution in [0.4, 0.5) is 0 Å². The monoisotopic (exact) mass is 340 g/mol. The number of rotatable bonds is 7. The van der Waals surface area contributed by atoms with E-state index < -0.39 is 0 Å². The lowest BCUT2D eigenvalue weighted by Gasteiger charge is -2.25. The summed E-state index contributed by atoms with van der Waals surface area (Å²) >= 11 is 0. The van der Waals surface area contributed by atoms with Gasteiger partial charge in [0.1, 0.15) is 0 Å². The maximum absolute atomic E-state index is 11.9. The van der Waals surface area contributed by atoms with Crippen molar-refractivity contribution >= 4 is 11.9 Å². The Labute approximate surface area is 148 Å². The largest absolute Gasteiger partial charge is 0.465 e. The molecule has 0 amide bonds. The zero-order valence-corrected chi connectivity index (χ0v) is 15.0. The summed E-state index contributed by atoms with van der Waals surface area (Å²) in [5.41, 5.74) is 2.17. The second-order valence-electron chi connectivity index (χ2n) is 6.56. The molecule has 2 aromatic carbocycles. The Balaban J connectivity index is 1.84. The highest BCUT2D eigenvalue weighted by Gasteiger charge is 2.21. The van der Waals surface area contributed by atoms with E-state index in [1.807, 2.05) is 30.3 Å². The van der Waals surface area contributed by atoms with E-state index in [1.54, 1.807) is 24.3 Å². The molecule has 0 aliphatic rings. The minimum atomic E-state index is -0.336. The topological polar surface area (TPSA) is 52.6 Å². The van der Waals surface area contributed by atoms with Gasteiger partial charge in [0.2, 0.25) is 0 Å². The Bertz CT molecular complexity index is 702. The first kappa shape index (κ1) is 18.7. The summed E-state index contributed by atoms with van der Waals surface area (Å²) in [6.45, 7) is 4.66. The van der Waals surface area contributed by atoms with Crippen molar-refractivity contribution < 1.29 is 19.1 Å². The summed E-state index contributed by atoms with van der Waals surface area (Å²) in [5, 5.41) is 0. The van der Waals surface area contributed by atoms with E-state index in [9.17, 15) is 9.59 Å².